The molecular formula is C10H9NO3. The van der Waals surface area contributed by atoms with Crippen LogP contribution in [0.2, 0.25) is 0 Å². The van der Waals surface area contributed by atoms with Crippen LogP contribution in [0.25, 0.3) is 10.9 Å². The van der Waals surface area contributed by atoms with Crippen molar-refractivity contribution in [3.8, 4) is 5.88 Å². The molecule has 1 aromatic carbocycles. The number of H-pyrrole nitrogens is 1. The van der Waals surface area contributed by atoms with E-state index < -0.39 is 5.97 Å². The fourth-order valence-corrected chi connectivity index (χ4v) is 1.34. The van der Waals surface area contributed by atoms with Crippen LogP contribution < -0.4 is 4.74 Å². The third-order valence-electron chi connectivity index (χ3n) is 2.06. The van der Waals surface area contributed by atoms with Crippen molar-refractivity contribution in [2.24, 2.45) is 0 Å². The molecule has 0 amide bonds. The number of aromatic amines is 1. The van der Waals surface area contributed by atoms with Gasteiger partial charge < -0.3 is 14.8 Å². The molecule has 2 aromatic rings. The van der Waals surface area contributed by atoms with Crippen LogP contribution in [-0.4, -0.2) is 23.2 Å². The van der Waals surface area contributed by atoms with Gasteiger partial charge >= 0.3 is 5.97 Å². The van der Waals surface area contributed by atoms with Crippen molar-refractivity contribution in [3.63, 3.8) is 0 Å². The molecule has 0 radical (unpaired) electrons. The summed E-state index contributed by atoms with van der Waals surface area (Å²) >= 11 is 0. The zero-order valence-electron chi connectivity index (χ0n) is 7.57. The van der Waals surface area contributed by atoms with E-state index in [1.54, 1.807) is 25.3 Å². The van der Waals surface area contributed by atoms with E-state index in [0.29, 0.717) is 5.88 Å². The smallest absolute Gasteiger partial charge is 0.335 e. The van der Waals surface area contributed by atoms with E-state index in [2.05, 4.69) is 4.98 Å². The van der Waals surface area contributed by atoms with Crippen LogP contribution in [0.5, 0.6) is 5.88 Å². The lowest BCUT2D eigenvalue weighted by Crippen LogP contribution is -1.94. The highest BCUT2D eigenvalue weighted by Crippen LogP contribution is 2.21. The minimum absolute atomic E-state index is 0.266. The van der Waals surface area contributed by atoms with Gasteiger partial charge in [0.1, 0.15) is 0 Å². The second-order valence-corrected chi connectivity index (χ2v) is 2.94. The van der Waals surface area contributed by atoms with Crippen molar-refractivity contribution in [2.75, 3.05) is 7.11 Å². The van der Waals surface area contributed by atoms with Crippen molar-refractivity contribution >= 4 is 16.9 Å². The van der Waals surface area contributed by atoms with Crippen molar-refractivity contribution < 1.29 is 14.6 Å². The molecule has 0 saturated heterocycles. The molecule has 4 nitrogen and oxygen atoms in total. The zero-order valence-corrected chi connectivity index (χ0v) is 7.57. The Labute approximate surface area is 80.1 Å². The van der Waals surface area contributed by atoms with Gasteiger partial charge in [0, 0.05) is 17.0 Å². The predicted octanol–water partition coefficient (Wildman–Crippen LogP) is 1.87. The van der Waals surface area contributed by atoms with Gasteiger partial charge in [-0.15, -0.1) is 0 Å². The molecule has 2 rings (SSSR count). The lowest BCUT2D eigenvalue weighted by Gasteiger charge is -1.93. The molecule has 4 heteroatoms. The molecule has 0 aliphatic heterocycles. The largest absolute Gasteiger partial charge is 0.482 e. The number of hydrogen-bond donors (Lipinski definition) is 2. The van der Waals surface area contributed by atoms with Crippen LogP contribution in [0.15, 0.2) is 24.3 Å². The maximum Gasteiger partial charge on any atom is 0.335 e. The summed E-state index contributed by atoms with van der Waals surface area (Å²) in [6.07, 6.45) is 0. The Balaban J connectivity index is 2.59. The number of aromatic nitrogens is 1. The Morgan fingerprint density at radius 2 is 2.21 bits per heavy atom. The SMILES string of the molecule is COc1cc2ccc(C(=O)O)cc2[nH]1. The fourth-order valence-electron chi connectivity index (χ4n) is 1.34. The second-order valence-electron chi connectivity index (χ2n) is 2.94. The van der Waals surface area contributed by atoms with E-state index in [1.165, 1.54) is 0 Å². The van der Waals surface area contributed by atoms with Crippen LogP contribution in [0.3, 0.4) is 0 Å². The molecule has 0 atom stereocenters. The average molecular weight is 191 g/mol. The number of carboxylic acids is 1. The summed E-state index contributed by atoms with van der Waals surface area (Å²) < 4.78 is 5.00. The lowest BCUT2D eigenvalue weighted by atomic mass is 10.2. The lowest BCUT2D eigenvalue weighted by molar-refractivity contribution is 0.0697. The molecular weight excluding hydrogens is 182 g/mol. The van der Waals surface area contributed by atoms with Crippen LogP contribution in [-0.2, 0) is 0 Å². The standard InChI is InChI=1S/C10H9NO3/c1-14-9-5-6-2-3-7(10(12)13)4-8(6)11-9/h2-5,11H,1H3,(H,12,13). The van der Waals surface area contributed by atoms with Gasteiger partial charge in [-0.05, 0) is 12.1 Å². The van der Waals surface area contributed by atoms with Gasteiger partial charge in [-0.25, -0.2) is 4.79 Å². The molecule has 1 aromatic heterocycles. The van der Waals surface area contributed by atoms with E-state index in [0.717, 1.165) is 10.9 Å². The first-order valence-corrected chi connectivity index (χ1v) is 4.11. The molecule has 2 N–H and O–H groups in total. The predicted molar refractivity (Wildman–Crippen MR) is 51.8 cm³/mol. The summed E-state index contributed by atoms with van der Waals surface area (Å²) in [5.41, 5.74) is 1.03. The summed E-state index contributed by atoms with van der Waals surface area (Å²) in [6, 6.07) is 6.72. The van der Waals surface area contributed by atoms with Crippen molar-refractivity contribution in [1.29, 1.82) is 0 Å². The highest BCUT2D eigenvalue weighted by molar-refractivity contribution is 5.93. The average Bonchev–Trinajstić information content (AvgIpc) is 2.58. The molecule has 72 valence electrons. The summed E-state index contributed by atoms with van der Waals surface area (Å²) in [4.78, 5) is 13.6. The first kappa shape index (κ1) is 8.62. The van der Waals surface area contributed by atoms with Crippen LogP contribution in [0.4, 0.5) is 0 Å². The highest BCUT2D eigenvalue weighted by Gasteiger charge is 2.05. The van der Waals surface area contributed by atoms with E-state index in [9.17, 15) is 4.79 Å². The molecule has 14 heavy (non-hydrogen) atoms. The number of methoxy groups -OCH3 is 1. The van der Waals surface area contributed by atoms with Crippen LogP contribution in [0.1, 0.15) is 10.4 Å². The Morgan fingerprint density at radius 1 is 1.43 bits per heavy atom. The zero-order chi connectivity index (χ0) is 10.1. The number of rotatable bonds is 2. The number of ether oxygens (including phenoxy) is 1. The van der Waals surface area contributed by atoms with Crippen molar-refractivity contribution in [3.05, 3.63) is 29.8 Å². The Morgan fingerprint density at radius 3 is 2.86 bits per heavy atom. The number of carboxylic acid groups (broad SMARTS) is 1. The topological polar surface area (TPSA) is 62.3 Å². The maximum atomic E-state index is 10.7. The number of carbonyl (C=O) groups is 1. The summed E-state index contributed by atoms with van der Waals surface area (Å²) in [7, 11) is 1.56. The molecule has 0 fully saturated rings. The minimum atomic E-state index is -0.930. The monoisotopic (exact) mass is 191 g/mol. The van der Waals surface area contributed by atoms with Gasteiger partial charge in [0.25, 0.3) is 0 Å². The molecule has 0 spiro atoms. The quantitative estimate of drug-likeness (QED) is 0.761. The van der Waals surface area contributed by atoms with Crippen molar-refractivity contribution in [1.82, 2.24) is 4.98 Å². The Kier molecular flexibility index (Phi) is 1.89. The first-order chi connectivity index (χ1) is 6.70. The number of aromatic carboxylic acids is 1. The molecule has 0 aliphatic carbocycles. The molecule has 0 aliphatic rings. The Hall–Kier alpha value is -1.97. The van der Waals surface area contributed by atoms with Crippen LogP contribution >= 0.6 is 0 Å². The van der Waals surface area contributed by atoms with Gasteiger partial charge in [0.15, 0.2) is 5.88 Å². The minimum Gasteiger partial charge on any atom is -0.482 e. The van der Waals surface area contributed by atoms with Crippen molar-refractivity contribution in [2.45, 2.75) is 0 Å². The molecule has 0 bridgehead atoms. The van der Waals surface area contributed by atoms with Gasteiger partial charge in [-0.2, -0.15) is 0 Å². The number of fused-ring (bicyclic) bond motifs is 1. The fraction of sp³-hybridized carbons (Fsp3) is 0.100. The van der Waals surface area contributed by atoms with E-state index in [4.69, 9.17) is 9.84 Å². The Bertz CT molecular complexity index is 487. The first-order valence-electron chi connectivity index (χ1n) is 4.11. The third-order valence-corrected chi connectivity index (χ3v) is 2.06. The van der Waals surface area contributed by atoms with E-state index >= 15 is 0 Å². The number of nitrogens with one attached hydrogen (secondary N) is 1. The molecule has 1 heterocycles. The molecule has 0 unspecified atom stereocenters. The normalized spacial score (nSPS) is 10.4. The van der Waals surface area contributed by atoms with E-state index in [1.807, 2.05) is 6.07 Å². The summed E-state index contributed by atoms with van der Waals surface area (Å²) in [5.74, 6) is -0.303. The van der Waals surface area contributed by atoms with Gasteiger partial charge in [0.05, 0.1) is 12.7 Å². The summed E-state index contributed by atoms with van der Waals surface area (Å²) in [5, 5.41) is 9.70. The highest BCUT2D eigenvalue weighted by atomic mass is 16.5. The molecule has 0 saturated carbocycles. The maximum absolute atomic E-state index is 10.7. The third kappa shape index (κ3) is 1.31. The van der Waals surface area contributed by atoms with Crippen LogP contribution in [0, 0.1) is 0 Å². The van der Waals surface area contributed by atoms with E-state index in [-0.39, 0.29) is 5.56 Å². The second kappa shape index (κ2) is 3.06. The van der Waals surface area contributed by atoms with Gasteiger partial charge in [-0.3, -0.25) is 0 Å². The summed E-state index contributed by atoms with van der Waals surface area (Å²) in [6.45, 7) is 0. The number of benzene rings is 1. The van der Waals surface area contributed by atoms with Gasteiger partial charge in [-0.1, -0.05) is 6.07 Å². The number of hydrogen-bond acceptors (Lipinski definition) is 2. The van der Waals surface area contributed by atoms with Gasteiger partial charge in [0.2, 0.25) is 0 Å².